The number of carbonyl (C=O) groups excluding carboxylic acids is 1. The van der Waals surface area contributed by atoms with Gasteiger partial charge in [0, 0.05) is 30.7 Å². The number of carbonyl (C=O) groups is 1. The van der Waals surface area contributed by atoms with Crippen molar-refractivity contribution in [2.24, 2.45) is 4.99 Å². The van der Waals surface area contributed by atoms with Gasteiger partial charge in [-0.25, -0.2) is 0 Å². The molecule has 26 heavy (non-hydrogen) atoms. The van der Waals surface area contributed by atoms with Crippen molar-refractivity contribution >= 4 is 40.5 Å². The number of thiophene rings is 1. The number of nitrogens with zero attached hydrogens (tertiary/aromatic N) is 2. The Labute approximate surface area is 161 Å². The molecule has 0 saturated heterocycles. The maximum Gasteiger partial charge on any atom is 0.246 e. The molecule has 138 valence electrons. The summed E-state index contributed by atoms with van der Waals surface area (Å²) in [6.45, 7) is 1.11. The van der Waals surface area contributed by atoms with Gasteiger partial charge < -0.3 is 20.6 Å². The number of rotatable bonds is 5. The predicted molar refractivity (Wildman–Crippen MR) is 106 cm³/mol. The van der Waals surface area contributed by atoms with E-state index in [1.54, 1.807) is 24.1 Å². The molecule has 1 atom stereocenters. The molecule has 0 aliphatic carbocycles. The van der Waals surface area contributed by atoms with E-state index in [0.717, 1.165) is 17.0 Å². The number of aliphatic hydroxyl groups is 1. The molecule has 0 saturated carbocycles. The average Bonchev–Trinajstić information content (AvgIpc) is 3.27. The second-order valence-corrected chi connectivity index (χ2v) is 7.64. The summed E-state index contributed by atoms with van der Waals surface area (Å²) in [6, 6.07) is 11.5. The van der Waals surface area contributed by atoms with Crippen LogP contribution in [0.2, 0.25) is 4.34 Å². The lowest BCUT2D eigenvalue weighted by Crippen LogP contribution is -2.45. The van der Waals surface area contributed by atoms with Crippen molar-refractivity contribution in [3.63, 3.8) is 0 Å². The Bertz CT molecular complexity index is 808. The van der Waals surface area contributed by atoms with Crippen LogP contribution in [0.3, 0.4) is 0 Å². The Morgan fingerprint density at radius 2 is 2.15 bits per heavy atom. The van der Waals surface area contributed by atoms with E-state index in [0.29, 0.717) is 16.8 Å². The summed E-state index contributed by atoms with van der Waals surface area (Å²) in [6.07, 6.45) is 0.192. The fraction of sp³-hybridized carbons (Fsp3) is 0.333. The van der Waals surface area contributed by atoms with Gasteiger partial charge in [0.15, 0.2) is 5.96 Å². The number of aliphatic imine (C=N–C) groups is 1. The molecule has 0 spiro atoms. The quantitative estimate of drug-likeness (QED) is 0.538. The van der Waals surface area contributed by atoms with Crippen LogP contribution in [0.1, 0.15) is 16.5 Å². The van der Waals surface area contributed by atoms with Gasteiger partial charge in [-0.05, 0) is 30.2 Å². The van der Waals surface area contributed by atoms with E-state index in [1.165, 1.54) is 16.9 Å². The van der Waals surface area contributed by atoms with Crippen LogP contribution in [0.15, 0.2) is 41.4 Å². The Balaban J connectivity index is 1.49. The summed E-state index contributed by atoms with van der Waals surface area (Å²) in [5.74, 6) is 0.455. The van der Waals surface area contributed by atoms with Gasteiger partial charge in [0.05, 0.1) is 10.9 Å². The van der Waals surface area contributed by atoms with Gasteiger partial charge in [-0.15, -0.1) is 11.3 Å². The lowest BCUT2D eigenvalue weighted by atomic mass is 10.2. The highest BCUT2D eigenvalue weighted by Gasteiger charge is 2.23. The third-order valence-corrected chi connectivity index (χ3v) is 5.54. The molecule has 3 N–H and O–H groups in total. The second-order valence-electron chi connectivity index (χ2n) is 5.89. The molecule has 1 aliphatic rings. The normalized spacial score (nSPS) is 14.9. The number of guanidine groups is 1. The largest absolute Gasteiger partial charge is 0.386 e. The number of benzene rings is 1. The van der Waals surface area contributed by atoms with E-state index in [9.17, 15) is 9.90 Å². The van der Waals surface area contributed by atoms with Crippen LogP contribution in [0.4, 0.5) is 5.69 Å². The first-order valence-corrected chi connectivity index (χ1v) is 9.54. The molecule has 1 aromatic carbocycles. The number of anilines is 1. The summed E-state index contributed by atoms with van der Waals surface area (Å²) in [5.41, 5.74) is 2.17. The molecule has 8 heteroatoms. The first-order valence-electron chi connectivity index (χ1n) is 8.34. The Kier molecular flexibility index (Phi) is 6.13. The minimum absolute atomic E-state index is 0.0107. The van der Waals surface area contributed by atoms with Crippen LogP contribution in [0, 0.1) is 0 Å². The fourth-order valence-electron chi connectivity index (χ4n) is 2.87. The molecule has 1 aliphatic heterocycles. The predicted octanol–water partition coefficient (Wildman–Crippen LogP) is 2.19. The molecule has 2 aromatic rings. The summed E-state index contributed by atoms with van der Waals surface area (Å²) in [7, 11) is 1.62. The monoisotopic (exact) mass is 392 g/mol. The van der Waals surface area contributed by atoms with Crippen molar-refractivity contribution in [1.82, 2.24) is 10.6 Å². The molecule has 0 bridgehead atoms. The summed E-state index contributed by atoms with van der Waals surface area (Å²) < 4.78 is 0.637. The molecule has 6 nitrogen and oxygen atoms in total. The number of para-hydroxylation sites is 1. The lowest BCUT2D eigenvalue weighted by molar-refractivity contribution is -0.117. The molecular formula is C18H21ClN4O2S. The highest BCUT2D eigenvalue weighted by Crippen LogP contribution is 2.27. The van der Waals surface area contributed by atoms with Crippen LogP contribution in [0.25, 0.3) is 0 Å². The smallest absolute Gasteiger partial charge is 0.246 e. The van der Waals surface area contributed by atoms with Gasteiger partial charge in [-0.3, -0.25) is 9.79 Å². The number of amides is 1. The van der Waals surface area contributed by atoms with Crippen LogP contribution in [0.5, 0.6) is 0 Å². The average molecular weight is 393 g/mol. The van der Waals surface area contributed by atoms with E-state index >= 15 is 0 Å². The van der Waals surface area contributed by atoms with Crippen molar-refractivity contribution in [2.75, 3.05) is 31.6 Å². The standard InChI is InChI=1S/C18H21ClN4O2S/c1-20-18(21-10-14(24)15-6-7-16(19)26-15)22-11-17(25)23-9-8-12-4-2-3-5-13(12)23/h2-7,14,24H,8-11H2,1H3,(H2,20,21,22). The van der Waals surface area contributed by atoms with E-state index < -0.39 is 6.10 Å². The molecule has 1 unspecified atom stereocenters. The van der Waals surface area contributed by atoms with E-state index in [1.807, 2.05) is 18.2 Å². The van der Waals surface area contributed by atoms with E-state index in [-0.39, 0.29) is 19.0 Å². The maximum absolute atomic E-state index is 12.5. The Morgan fingerprint density at radius 1 is 1.35 bits per heavy atom. The number of hydrogen-bond donors (Lipinski definition) is 3. The van der Waals surface area contributed by atoms with E-state index in [2.05, 4.69) is 21.7 Å². The SMILES string of the molecule is CN=C(NCC(=O)N1CCc2ccccc21)NCC(O)c1ccc(Cl)s1. The molecule has 3 rings (SSSR count). The molecular weight excluding hydrogens is 372 g/mol. The first kappa shape index (κ1) is 18.7. The van der Waals surface area contributed by atoms with Gasteiger partial charge in [0.25, 0.3) is 0 Å². The number of hydrogen-bond acceptors (Lipinski definition) is 4. The summed E-state index contributed by atoms with van der Waals surface area (Å²) in [5, 5.41) is 16.2. The first-order chi connectivity index (χ1) is 12.6. The fourth-order valence-corrected chi connectivity index (χ4v) is 3.92. The van der Waals surface area contributed by atoms with Gasteiger partial charge in [-0.2, -0.15) is 0 Å². The van der Waals surface area contributed by atoms with Crippen molar-refractivity contribution in [1.29, 1.82) is 0 Å². The molecule has 1 aromatic heterocycles. The van der Waals surface area contributed by atoms with Crippen LogP contribution in [-0.4, -0.2) is 43.7 Å². The molecule has 0 fully saturated rings. The number of fused-ring (bicyclic) bond motifs is 1. The van der Waals surface area contributed by atoms with Crippen LogP contribution < -0.4 is 15.5 Å². The topological polar surface area (TPSA) is 77.0 Å². The Morgan fingerprint density at radius 3 is 2.88 bits per heavy atom. The minimum atomic E-state index is -0.688. The third kappa shape index (κ3) is 4.35. The van der Waals surface area contributed by atoms with Crippen LogP contribution >= 0.6 is 22.9 Å². The zero-order chi connectivity index (χ0) is 18.5. The van der Waals surface area contributed by atoms with Gasteiger partial charge in [0.1, 0.15) is 6.10 Å². The highest BCUT2D eigenvalue weighted by atomic mass is 35.5. The highest BCUT2D eigenvalue weighted by molar-refractivity contribution is 7.16. The molecule has 2 heterocycles. The summed E-state index contributed by atoms with van der Waals surface area (Å²) in [4.78, 5) is 19.2. The van der Waals surface area contributed by atoms with Gasteiger partial charge >= 0.3 is 0 Å². The maximum atomic E-state index is 12.5. The van der Waals surface area contributed by atoms with Gasteiger partial charge in [0.2, 0.25) is 5.91 Å². The minimum Gasteiger partial charge on any atom is -0.386 e. The zero-order valence-corrected chi connectivity index (χ0v) is 16.0. The number of aliphatic hydroxyl groups excluding tert-OH is 1. The van der Waals surface area contributed by atoms with Crippen molar-refractivity contribution in [3.8, 4) is 0 Å². The van der Waals surface area contributed by atoms with Crippen molar-refractivity contribution < 1.29 is 9.90 Å². The number of halogens is 1. The second kappa shape index (κ2) is 8.53. The van der Waals surface area contributed by atoms with Crippen molar-refractivity contribution in [2.45, 2.75) is 12.5 Å². The Hall–Kier alpha value is -2.09. The molecule has 1 amide bonds. The third-order valence-electron chi connectivity index (χ3n) is 4.20. The molecule has 0 radical (unpaired) electrons. The summed E-state index contributed by atoms with van der Waals surface area (Å²) >= 11 is 7.22. The lowest BCUT2D eigenvalue weighted by Gasteiger charge is -2.19. The van der Waals surface area contributed by atoms with E-state index in [4.69, 9.17) is 11.6 Å². The van der Waals surface area contributed by atoms with Crippen LogP contribution in [-0.2, 0) is 11.2 Å². The number of nitrogens with one attached hydrogen (secondary N) is 2. The van der Waals surface area contributed by atoms with Crippen molar-refractivity contribution in [3.05, 3.63) is 51.2 Å². The van der Waals surface area contributed by atoms with Gasteiger partial charge in [-0.1, -0.05) is 29.8 Å². The zero-order valence-electron chi connectivity index (χ0n) is 14.4.